The minimum absolute atomic E-state index is 0.0527. The fourth-order valence-corrected chi connectivity index (χ4v) is 5.86. The molecule has 1 N–H and O–H groups in total. The highest BCUT2D eigenvalue weighted by Gasteiger charge is 2.32. The van der Waals surface area contributed by atoms with Gasteiger partial charge in [-0.25, -0.2) is 4.98 Å². The third-order valence-electron chi connectivity index (χ3n) is 4.66. The van der Waals surface area contributed by atoms with Crippen molar-refractivity contribution in [3.63, 3.8) is 0 Å². The Labute approximate surface area is 174 Å². The van der Waals surface area contributed by atoms with E-state index in [2.05, 4.69) is 5.32 Å². The highest BCUT2D eigenvalue weighted by Crippen LogP contribution is 2.46. The van der Waals surface area contributed by atoms with Gasteiger partial charge in [-0.1, -0.05) is 53.3 Å². The normalized spacial score (nSPS) is 16.6. The zero-order valence-corrected chi connectivity index (χ0v) is 17.2. The summed E-state index contributed by atoms with van der Waals surface area (Å²) in [4.78, 5) is 17.2. The third kappa shape index (κ3) is 2.90. The minimum Gasteiger partial charge on any atom is -0.310 e. The molecule has 0 aliphatic carbocycles. The van der Waals surface area contributed by atoms with E-state index in [1.807, 2.05) is 55.5 Å². The molecule has 1 atom stereocenters. The predicted octanol–water partition coefficient (Wildman–Crippen LogP) is 5.22. The van der Waals surface area contributed by atoms with Gasteiger partial charge in [-0.05, 0) is 30.7 Å². The monoisotopic (exact) mass is 426 g/mol. The molecule has 2 aromatic carbocycles. The molecule has 2 aromatic heterocycles. The van der Waals surface area contributed by atoms with E-state index in [1.165, 1.54) is 0 Å². The molecule has 0 radical (unpaired) electrons. The molecule has 0 spiro atoms. The van der Waals surface area contributed by atoms with Gasteiger partial charge in [0.05, 0.1) is 26.9 Å². The van der Waals surface area contributed by atoms with Crippen molar-refractivity contribution < 1.29 is 4.79 Å². The van der Waals surface area contributed by atoms with Gasteiger partial charge in [0.15, 0.2) is 0 Å². The van der Waals surface area contributed by atoms with Crippen LogP contribution < -0.4 is 5.32 Å². The summed E-state index contributed by atoms with van der Waals surface area (Å²) in [6.07, 6.45) is 0. The topological polar surface area (TPSA) is 59.8 Å². The van der Waals surface area contributed by atoms with E-state index in [-0.39, 0.29) is 11.2 Å². The smallest absolute Gasteiger partial charge is 0.235 e. The Balaban J connectivity index is 1.71. The number of benzene rings is 2. The van der Waals surface area contributed by atoms with Crippen LogP contribution in [-0.2, 0) is 4.79 Å². The second-order valence-corrected chi connectivity index (χ2v) is 8.99. The number of para-hydroxylation sites is 1. The van der Waals surface area contributed by atoms with Crippen molar-refractivity contribution in [3.05, 3.63) is 70.4 Å². The van der Waals surface area contributed by atoms with Crippen LogP contribution in [0.15, 0.2) is 48.5 Å². The second kappa shape index (κ2) is 6.92. The van der Waals surface area contributed by atoms with E-state index in [4.69, 9.17) is 21.7 Å². The molecule has 4 aromatic rings. The Morgan fingerprint density at radius 3 is 2.79 bits per heavy atom. The molecule has 3 heterocycles. The summed E-state index contributed by atoms with van der Waals surface area (Å²) >= 11 is 9.60. The third-order valence-corrected chi connectivity index (χ3v) is 7.27. The van der Waals surface area contributed by atoms with Crippen molar-refractivity contribution in [1.82, 2.24) is 14.8 Å². The number of thioether (sulfide) groups is 1. The average Bonchev–Trinajstić information content (AvgIpc) is 3.19. The van der Waals surface area contributed by atoms with Crippen LogP contribution in [0, 0.1) is 6.92 Å². The first-order valence-corrected chi connectivity index (χ1v) is 11.0. The quantitative estimate of drug-likeness (QED) is 0.477. The van der Waals surface area contributed by atoms with E-state index in [0.717, 1.165) is 32.2 Å². The van der Waals surface area contributed by atoms with Crippen LogP contribution >= 0.6 is 34.7 Å². The van der Waals surface area contributed by atoms with Gasteiger partial charge in [0.1, 0.15) is 5.82 Å². The summed E-state index contributed by atoms with van der Waals surface area (Å²) < 4.78 is 2.83. The number of carbonyl (C=O) groups excluding carboxylic acids is 1. The number of aryl methyl sites for hydroxylation is 1. The van der Waals surface area contributed by atoms with Crippen LogP contribution in [0.25, 0.3) is 15.3 Å². The Bertz CT molecular complexity index is 1180. The van der Waals surface area contributed by atoms with Gasteiger partial charge < -0.3 is 5.32 Å². The zero-order chi connectivity index (χ0) is 19.3. The maximum atomic E-state index is 12.4. The number of thiazole rings is 1. The van der Waals surface area contributed by atoms with E-state index in [9.17, 15) is 4.79 Å². The molecule has 1 aliphatic rings. The molecule has 0 unspecified atom stereocenters. The standard InChI is InChI=1S/C20H15ClN4OS2/c1-11-17-18(12-6-2-3-7-13(12)21)27-10-16(26)23-19(17)25(24-11)20-22-14-8-4-5-9-15(14)28-20/h2-9,18H,10H2,1H3,(H,23,26)/t18-/m0/s1. The summed E-state index contributed by atoms with van der Waals surface area (Å²) in [7, 11) is 0. The molecule has 0 saturated heterocycles. The number of halogens is 1. The molecule has 0 fully saturated rings. The number of nitrogens with zero attached hydrogens (tertiary/aromatic N) is 3. The van der Waals surface area contributed by atoms with Crippen molar-refractivity contribution in [1.29, 1.82) is 0 Å². The number of rotatable bonds is 2. The number of aromatic nitrogens is 3. The van der Waals surface area contributed by atoms with E-state index >= 15 is 0 Å². The number of nitrogens with one attached hydrogen (secondary N) is 1. The zero-order valence-electron chi connectivity index (χ0n) is 14.8. The molecule has 140 valence electrons. The van der Waals surface area contributed by atoms with Gasteiger partial charge in [-0.3, -0.25) is 4.79 Å². The minimum atomic E-state index is -0.0780. The van der Waals surface area contributed by atoms with Crippen molar-refractivity contribution in [2.75, 3.05) is 11.1 Å². The van der Waals surface area contributed by atoms with Crippen LogP contribution in [0.5, 0.6) is 0 Å². The predicted molar refractivity (Wildman–Crippen MR) is 116 cm³/mol. The number of hydrogen-bond acceptors (Lipinski definition) is 5. The molecule has 0 saturated carbocycles. The van der Waals surface area contributed by atoms with Crippen molar-refractivity contribution in [3.8, 4) is 5.13 Å². The lowest BCUT2D eigenvalue weighted by Gasteiger charge is -2.16. The van der Waals surface area contributed by atoms with Crippen LogP contribution in [0.3, 0.4) is 0 Å². The van der Waals surface area contributed by atoms with Crippen LogP contribution in [0.4, 0.5) is 5.82 Å². The molecule has 5 rings (SSSR count). The molecular formula is C20H15ClN4OS2. The van der Waals surface area contributed by atoms with Gasteiger partial charge in [-0.2, -0.15) is 9.78 Å². The lowest BCUT2D eigenvalue weighted by atomic mass is 10.0. The fraction of sp³-hybridized carbons (Fsp3) is 0.150. The Morgan fingerprint density at radius 1 is 1.18 bits per heavy atom. The molecule has 1 amide bonds. The van der Waals surface area contributed by atoms with Crippen LogP contribution in [0.2, 0.25) is 5.02 Å². The maximum absolute atomic E-state index is 12.4. The maximum Gasteiger partial charge on any atom is 0.235 e. The van der Waals surface area contributed by atoms with Crippen LogP contribution in [0.1, 0.15) is 22.1 Å². The number of carbonyl (C=O) groups is 1. The first kappa shape index (κ1) is 17.7. The molecule has 5 nitrogen and oxygen atoms in total. The molecule has 8 heteroatoms. The largest absolute Gasteiger partial charge is 0.310 e. The fourth-order valence-electron chi connectivity index (χ4n) is 3.41. The van der Waals surface area contributed by atoms with Gasteiger partial charge in [0, 0.05) is 10.6 Å². The van der Waals surface area contributed by atoms with E-state index in [0.29, 0.717) is 16.6 Å². The number of anilines is 1. The highest BCUT2D eigenvalue weighted by atomic mass is 35.5. The molecule has 1 aliphatic heterocycles. The average molecular weight is 427 g/mol. The highest BCUT2D eigenvalue weighted by molar-refractivity contribution is 8.00. The van der Waals surface area contributed by atoms with E-state index < -0.39 is 0 Å². The summed E-state index contributed by atoms with van der Waals surface area (Å²) in [5.74, 6) is 0.976. The second-order valence-electron chi connectivity index (χ2n) is 6.48. The van der Waals surface area contributed by atoms with Crippen molar-refractivity contribution in [2.24, 2.45) is 0 Å². The first-order chi connectivity index (χ1) is 13.6. The number of fused-ring (bicyclic) bond motifs is 2. The lowest BCUT2D eigenvalue weighted by molar-refractivity contribution is -0.113. The number of amides is 1. The van der Waals surface area contributed by atoms with Crippen LogP contribution in [-0.4, -0.2) is 26.4 Å². The summed E-state index contributed by atoms with van der Waals surface area (Å²) in [6.45, 7) is 1.96. The van der Waals surface area contributed by atoms with E-state index in [1.54, 1.807) is 27.8 Å². The Kier molecular flexibility index (Phi) is 4.38. The first-order valence-electron chi connectivity index (χ1n) is 8.73. The Morgan fingerprint density at radius 2 is 1.96 bits per heavy atom. The Hall–Kier alpha value is -2.35. The van der Waals surface area contributed by atoms with Gasteiger partial charge in [0.2, 0.25) is 11.0 Å². The molecular weight excluding hydrogens is 412 g/mol. The lowest BCUT2D eigenvalue weighted by Crippen LogP contribution is -2.15. The van der Waals surface area contributed by atoms with Gasteiger partial charge >= 0.3 is 0 Å². The van der Waals surface area contributed by atoms with Crippen molar-refractivity contribution in [2.45, 2.75) is 12.2 Å². The summed E-state index contributed by atoms with van der Waals surface area (Å²) in [5.41, 5.74) is 3.73. The SMILES string of the molecule is Cc1nn(-c2nc3ccccc3s2)c2c1[C@H](c1ccccc1Cl)SCC(=O)N2. The van der Waals surface area contributed by atoms with Gasteiger partial charge in [0.25, 0.3) is 0 Å². The van der Waals surface area contributed by atoms with Crippen molar-refractivity contribution >= 4 is 56.6 Å². The molecule has 28 heavy (non-hydrogen) atoms. The number of hydrogen-bond donors (Lipinski definition) is 1. The summed E-state index contributed by atoms with van der Waals surface area (Å²) in [5, 5.41) is 9.11. The molecule has 0 bridgehead atoms. The van der Waals surface area contributed by atoms with Gasteiger partial charge in [-0.15, -0.1) is 11.8 Å². The summed E-state index contributed by atoms with van der Waals surface area (Å²) in [6, 6.07) is 15.7.